The smallest absolute Gasteiger partial charge is 0.238 e. The zero-order chi connectivity index (χ0) is 33.9. The molecule has 0 unspecified atom stereocenters. The minimum atomic E-state index is 0.513. The van der Waals surface area contributed by atoms with Crippen molar-refractivity contribution in [1.82, 2.24) is 19.5 Å². The molecule has 0 N–H and O–H groups in total. The third kappa shape index (κ3) is 3.91. The minimum absolute atomic E-state index is 0.513. The molecule has 52 heavy (non-hydrogen) atoms. The molecule has 5 heterocycles. The highest BCUT2D eigenvalue weighted by atomic mass is 32.1. The molecular formula is C45H24N4O2S. The molecule has 0 fully saturated rings. The second kappa shape index (κ2) is 10.4. The number of benzene rings is 7. The molecule has 6 nitrogen and oxygen atoms in total. The van der Waals surface area contributed by atoms with Gasteiger partial charge < -0.3 is 8.83 Å². The number of para-hydroxylation sites is 3. The Morgan fingerprint density at radius 3 is 1.87 bits per heavy atom. The van der Waals surface area contributed by atoms with E-state index < -0.39 is 0 Å². The summed E-state index contributed by atoms with van der Waals surface area (Å²) in [4.78, 5) is 15.7. The molecule has 0 saturated heterocycles. The first-order chi connectivity index (χ1) is 25.7. The van der Waals surface area contributed by atoms with Gasteiger partial charge in [-0.1, -0.05) is 84.9 Å². The molecule has 0 aliphatic carbocycles. The van der Waals surface area contributed by atoms with Crippen molar-refractivity contribution in [3.05, 3.63) is 146 Å². The van der Waals surface area contributed by atoms with Crippen molar-refractivity contribution < 1.29 is 8.83 Å². The number of thiophene rings is 1. The third-order valence-electron chi connectivity index (χ3n) is 10.3. The summed E-state index contributed by atoms with van der Waals surface area (Å²) in [5.41, 5.74) is 6.94. The zero-order valence-corrected chi connectivity index (χ0v) is 28.2. The quantitative estimate of drug-likeness (QED) is 0.185. The second-order valence-electron chi connectivity index (χ2n) is 13.2. The maximum absolute atomic E-state index is 6.64. The highest BCUT2D eigenvalue weighted by Gasteiger charge is 2.22. The first-order valence-corrected chi connectivity index (χ1v) is 18.0. The van der Waals surface area contributed by atoms with Crippen LogP contribution in [0.1, 0.15) is 0 Å². The predicted octanol–water partition coefficient (Wildman–Crippen LogP) is 12.5. The van der Waals surface area contributed by atoms with E-state index in [0.717, 1.165) is 76.8 Å². The molecule has 0 saturated carbocycles. The number of hydrogen-bond donors (Lipinski definition) is 0. The molecule has 0 spiro atoms. The average molecular weight is 685 g/mol. The molecular weight excluding hydrogens is 661 g/mol. The summed E-state index contributed by atoms with van der Waals surface area (Å²) in [6.45, 7) is 0. The van der Waals surface area contributed by atoms with E-state index in [9.17, 15) is 0 Å². The van der Waals surface area contributed by atoms with Crippen LogP contribution in [0.2, 0.25) is 0 Å². The van der Waals surface area contributed by atoms with Gasteiger partial charge in [0.15, 0.2) is 17.2 Å². The van der Waals surface area contributed by atoms with Crippen LogP contribution >= 0.6 is 11.3 Å². The SMILES string of the molecule is c1ccc2c(c1)oc1cc(-c3nc(-c4ccc5sc6ccccc6c5c4)nc(-n4c5ccccc5c5ccc6c7ccccc7oc6c54)n3)ccc12. The molecule has 5 aromatic heterocycles. The summed E-state index contributed by atoms with van der Waals surface area (Å²) < 4.78 is 17.6. The molecule has 7 aromatic carbocycles. The summed E-state index contributed by atoms with van der Waals surface area (Å²) >= 11 is 1.80. The predicted molar refractivity (Wildman–Crippen MR) is 212 cm³/mol. The normalized spacial score (nSPS) is 12.2. The van der Waals surface area contributed by atoms with E-state index in [0.29, 0.717) is 17.6 Å². The fourth-order valence-corrected chi connectivity index (χ4v) is 8.98. The van der Waals surface area contributed by atoms with Crippen molar-refractivity contribution in [2.45, 2.75) is 0 Å². The maximum atomic E-state index is 6.64. The van der Waals surface area contributed by atoms with Gasteiger partial charge in [0, 0.05) is 63.6 Å². The summed E-state index contributed by atoms with van der Waals surface area (Å²) in [7, 11) is 0. The number of fused-ring (bicyclic) bond motifs is 13. The fraction of sp³-hybridized carbons (Fsp3) is 0. The lowest BCUT2D eigenvalue weighted by Crippen LogP contribution is -2.06. The number of furan rings is 2. The first kappa shape index (κ1) is 27.9. The molecule has 12 aromatic rings. The van der Waals surface area contributed by atoms with Gasteiger partial charge in [-0.05, 0) is 60.7 Å². The highest BCUT2D eigenvalue weighted by Crippen LogP contribution is 2.41. The van der Waals surface area contributed by atoms with Crippen LogP contribution in [0.5, 0.6) is 0 Å². The lowest BCUT2D eigenvalue weighted by Gasteiger charge is -2.11. The number of rotatable bonds is 3. The van der Waals surface area contributed by atoms with Gasteiger partial charge in [0.1, 0.15) is 22.3 Å². The minimum Gasteiger partial charge on any atom is -0.456 e. The number of nitrogens with zero attached hydrogens (tertiary/aromatic N) is 4. The summed E-state index contributed by atoms with van der Waals surface area (Å²) in [6.07, 6.45) is 0. The van der Waals surface area contributed by atoms with Crippen LogP contribution in [0.15, 0.2) is 154 Å². The van der Waals surface area contributed by atoms with Gasteiger partial charge >= 0.3 is 0 Å². The Morgan fingerprint density at radius 1 is 0.423 bits per heavy atom. The van der Waals surface area contributed by atoms with Gasteiger partial charge in [-0.15, -0.1) is 11.3 Å². The lowest BCUT2D eigenvalue weighted by molar-refractivity contribution is 0.669. The summed E-state index contributed by atoms with van der Waals surface area (Å²) in [6, 6.07) is 50.3. The topological polar surface area (TPSA) is 69.9 Å². The molecule has 242 valence electrons. The third-order valence-corrected chi connectivity index (χ3v) is 11.4. The van der Waals surface area contributed by atoms with Crippen LogP contribution in [0.3, 0.4) is 0 Å². The number of aromatic nitrogens is 4. The van der Waals surface area contributed by atoms with Gasteiger partial charge in [0.25, 0.3) is 0 Å². The Kier molecular flexibility index (Phi) is 5.56. The monoisotopic (exact) mass is 684 g/mol. The Balaban J connectivity index is 1.17. The van der Waals surface area contributed by atoms with Crippen LogP contribution in [-0.4, -0.2) is 19.5 Å². The van der Waals surface area contributed by atoms with Crippen molar-refractivity contribution >= 4 is 97.2 Å². The Labute approximate surface area is 298 Å². The molecule has 12 rings (SSSR count). The van der Waals surface area contributed by atoms with Crippen LogP contribution < -0.4 is 0 Å². The van der Waals surface area contributed by atoms with Gasteiger partial charge in [0.05, 0.1) is 5.52 Å². The Hall–Kier alpha value is -6.83. The average Bonchev–Trinajstić information content (AvgIpc) is 3.96. The van der Waals surface area contributed by atoms with Gasteiger partial charge in [-0.2, -0.15) is 9.97 Å². The van der Waals surface area contributed by atoms with Crippen molar-refractivity contribution in [3.8, 4) is 28.7 Å². The standard InChI is InChI=1S/C45H24N4O2S/c1-5-13-35-27(9-1)32-20-21-33-29-11-3-7-15-37(29)51-42(33)41(32)49(35)45-47-43(25-18-22-40-34(23-25)31-12-4-8-16-39(31)52-40)46-44(48-45)26-17-19-30-28-10-2-6-14-36(28)50-38(30)24-26/h1-24H. The van der Waals surface area contributed by atoms with E-state index in [1.807, 2.05) is 42.5 Å². The van der Waals surface area contributed by atoms with E-state index in [4.69, 9.17) is 23.8 Å². The zero-order valence-electron chi connectivity index (χ0n) is 27.4. The lowest BCUT2D eigenvalue weighted by atomic mass is 10.1. The maximum Gasteiger partial charge on any atom is 0.238 e. The van der Waals surface area contributed by atoms with Gasteiger partial charge in [-0.25, -0.2) is 4.98 Å². The van der Waals surface area contributed by atoms with Gasteiger partial charge in [-0.3, -0.25) is 4.57 Å². The van der Waals surface area contributed by atoms with Crippen LogP contribution in [0.25, 0.3) is 115 Å². The molecule has 0 aliphatic heterocycles. The van der Waals surface area contributed by atoms with E-state index in [1.54, 1.807) is 11.3 Å². The van der Waals surface area contributed by atoms with Crippen molar-refractivity contribution in [2.75, 3.05) is 0 Å². The van der Waals surface area contributed by atoms with Crippen molar-refractivity contribution in [1.29, 1.82) is 0 Å². The number of hydrogen-bond acceptors (Lipinski definition) is 6. The molecule has 0 bridgehead atoms. The van der Waals surface area contributed by atoms with Crippen LogP contribution in [-0.2, 0) is 0 Å². The van der Waals surface area contributed by atoms with E-state index in [2.05, 4.69) is 108 Å². The summed E-state index contributed by atoms with van der Waals surface area (Å²) in [5.74, 6) is 1.66. The molecule has 0 aliphatic rings. The summed E-state index contributed by atoms with van der Waals surface area (Å²) in [5, 5.41) is 8.83. The molecule has 0 radical (unpaired) electrons. The largest absolute Gasteiger partial charge is 0.456 e. The highest BCUT2D eigenvalue weighted by molar-refractivity contribution is 7.25. The molecule has 0 atom stereocenters. The molecule has 0 amide bonds. The van der Waals surface area contributed by atoms with Crippen molar-refractivity contribution in [3.63, 3.8) is 0 Å². The molecule has 7 heteroatoms. The second-order valence-corrected chi connectivity index (χ2v) is 14.3. The van der Waals surface area contributed by atoms with Crippen LogP contribution in [0.4, 0.5) is 0 Å². The first-order valence-electron chi connectivity index (χ1n) is 17.2. The Bertz CT molecular complexity index is 3440. The van der Waals surface area contributed by atoms with Crippen LogP contribution in [0, 0.1) is 0 Å². The fourth-order valence-electron chi connectivity index (χ4n) is 7.89. The Morgan fingerprint density at radius 2 is 1.02 bits per heavy atom. The van der Waals surface area contributed by atoms with Gasteiger partial charge in [0.2, 0.25) is 5.95 Å². The van der Waals surface area contributed by atoms with E-state index >= 15 is 0 Å². The van der Waals surface area contributed by atoms with E-state index in [1.165, 1.54) is 20.2 Å². The van der Waals surface area contributed by atoms with Crippen molar-refractivity contribution in [2.24, 2.45) is 0 Å². The van der Waals surface area contributed by atoms with E-state index in [-0.39, 0.29) is 0 Å².